The maximum absolute atomic E-state index is 12.7. The molecule has 4 atom stereocenters. The number of nitrogens with two attached hydrogens (primary N) is 1. The van der Waals surface area contributed by atoms with Crippen molar-refractivity contribution < 1.29 is 9.90 Å². The molecule has 170 valence electrons. The second kappa shape index (κ2) is 10.9. The van der Waals surface area contributed by atoms with Crippen molar-refractivity contribution in [1.29, 1.82) is 0 Å². The molecular formula is C24H37N5O2. The Kier molecular flexibility index (Phi) is 8.23. The van der Waals surface area contributed by atoms with Crippen LogP contribution in [0.5, 0.6) is 0 Å². The topological polar surface area (TPSA) is 112 Å². The number of amides is 1. The first kappa shape index (κ1) is 23.4. The van der Waals surface area contributed by atoms with E-state index in [-0.39, 0.29) is 18.1 Å². The first-order chi connectivity index (χ1) is 14.9. The number of fused-ring (bicyclic) bond motifs is 1. The van der Waals surface area contributed by atoms with Crippen molar-refractivity contribution in [1.82, 2.24) is 15.6 Å². The Morgan fingerprint density at radius 1 is 1.29 bits per heavy atom. The third-order valence-corrected chi connectivity index (χ3v) is 6.03. The molecule has 1 aromatic heterocycles. The molecule has 1 aliphatic carbocycles. The third kappa shape index (κ3) is 6.38. The quantitative estimate of drug-likeness (QED) is 0.393. The molecule has 7 heteroatoms. The minimum absolute atomic E-state index is 0.174. The van der Waals surface area contributed by atoms with Gasteiger partial charge in [0.15, 0.2) is 0 Å². The highest BCUT2D eigenvalue weighted by molar-refractivity contribution is 6.02. The number of rotatable bonds is 9. The Morgan fingerprint density at radius 3 is 2.77 bits per heavy atom. The smallest absolute Gasteiger partial charge is 0.256 e. The van der Waals surface area contributed by atoms with Gasteiger partial charge in [-0.05, 0) is 57.7 Å². The molecular weight excluding hydrogens is 390 g/mol. The Morgan fingerprint density at radius 2 is 2.06 bits per heavy atom. The van der Waals surface area contributed by atoms with E-state index in [0.717, 1.165) is 48.6 Å². The molecule has 0 aliphatic heterocycles. The summed E-state index contributed by atoms with van der Waals surface area (Å²) in [4.78, 5) is 17.5. The average molecular weight is 428 g/mol. The number of nitrogens with one attached hydrogen (secondary N) is 3. The summed E-state index contributed by atoms with van der Waals surface area (Å²) in [5, 5.41) is 21.0. The minimum Gasteiger partial charge on any atom is -0.392 e. The molecule has 0 bridgehead atoms. The molecule has 0 spiro atoms. The standard InChI is InChI=1S/C24H37N5O2/c1-4-18(28-21-7-5-6-8-22(21)30)11-12-26-23-19(24(31)27-16(3)25)14-17-13-15(2)9-10-20(17)29-23/h9-10,13-14,16,18,21-22,28,30H,4-8,11-12,25H2,1-3H3,(H,26,29)(H,27,31). The average Bonchev–Trinajstić information content (AvgIpc) is 2.73. The molecule has 1 heterocycles. The highest BCUT2D eigenvalue weighted by Gasteiger charge is 2.24. The van der Waals surface area contributed by atoms with Crippen LogP contribution in [0.3, 0.4) is 0 Å². The number of aliphatic hydroxyl groups is 1. The zero-order valence-electron chi connectivity index (χ0n) is 18.9. The Hall–Kier alpha value is -2.22. The maximum Gasteiger partial charge on any atom is 0.256 e. The number of carbonyl (C=O) groups is 1. The lowest BCUT2D eigenvalue weighted by Crippen LogP contribution is -2.47. The summed E-state index contributed by atoms with van der Waals surface area (Å²) in [5.41, 5.74) is 8.24. The van der Waals surface area contributed by atoms with Crippen LogP contribution in [0.4, 0.5) is 5.82 Å². The van der Waals surface area contributed by atoms with Gasteiger partial charge in [-0.15, -0.1) is 0 Å². The molecule has 31 heavy (non-hydrogen) atoms. The van der Waals surface area contributed by atoms with Crippen molar-refractivity contribution in [2.75, 3.05) is 11.9 Å². The van der Waals surface area contributed by atoms with Crippen molar-refractivity contribution in [2.45, 2.75) is 83.6 Å². The SMILES string of the molecule is CCC(CCNc1nc2ccc(C)cc2cc1C(=O)NC(C)N)NC1CCCCC1O. The van der Waals surface area contributed by atoms with Crippen LogP contribution in [0.1, 0.15) is 68.3 Å². The van der Waals surface area contributed by atoms with Crippen molar-refractivity contribution in [3.8, 4) is 0 Å². The van der Waals surface area contributed by atoms with Gasteiger partial charge in [-0.1, -0.05) is 31.4 Å². The monoisotopic (exact) mass is 427 g/mol. The lowest BCUT2D eigenvalue weighted by atomic mass is 9.91. The lowest BCUT2D eigenvalue weighted by molar-refractivity contribution is 0.0840. The number of anilines is 1. The van der Waals surface area contributed by atoms with Gasteiger partial charge in [-0.2, -0.15) is 0 Å². The Balaban J connectivity index is 1.71. The molecule has 1 saturated carbocycles. The molecule has 2 aromatic rings. The van der Waals surface area contributed by atoms with Gasteiger partial charge in [0.1, 0.15) is 5.82 Å². The molecule has 6 N–H and O–H groups in total. The van der Waals surface area contributed by atoms with Gasteiger partial charge < -0.3 is 26.8 Å². The van der Waals surface area contributed by atoms with Crippen LogP contribution in [0.15, 0.2) is 24.3 Å². The molecule has 1 amide bonds. The van der Waals surface area contributed by atoms with Crippen molar-refractivity contribution >= 4 is 22.6 Å². The zero-order valence-corrected chi connectivity index (χ0v) is 18.9. The highest BCUT2D eigenvalue weighted by atomic mass is 16.3. The van der Waals surface area contributed by atoms with E-state index >= 15 is 0 Å². The van der Waals surface area contributed by atoms with E-state index in [0.29, 0.717) is 24.0 Å². The molecule has 0 saturated heterocycles. The summed E-state index contributed by atoms with van der Waals surface area (Å²) >= 11 is 0. The number of aryl methyl sites for hydroxylation is 1. The van der Waals surface area contributed by atoms with Crippen molar-refractivity contribution in [3.05, 3.63) is 35.4 Å². The Labute approximate surface area is 185 Å². The summed E-state index contributed by atoms with van der Waals surface area (Å²) in [6, 6.07) is 8.38. The van der Waals surface area contributed by atoms with Gasteiger partial charge in [-0.25, -0.2) is 4.98 Å². The van der Waals surface area contributed by atoms with Crippen LogP contribution in [0.25, 0.3) is 10.9 Å². The van der Waals surface area contributed by atoms with Gasteiger partial charge >= 0.3 is 0 Å². The van der Waals surface area contributed by atoms with E-state index < -0.39 is 6.17 Å². The molecule has 1 aliphatic rings. The Bertz CT molecular complexity index is 886. The summed E-state index contributed by atoms with van der Waals surface area (Å²) in [5.74, 6) is 0.339. The van der Waals surface area contributed by atoms with E-state index in [4.69, 9.17) is 10.7 Å². The highest BCUT2D eigenvalue weighted by Crippen LogP contribution is 2.23. The van der Waals surface area contributed by atoms with Gasteiger partial charge in [-0.3, -0.25) is 4.79 Å². The fourth-order valence-corrected chi connectivity index (χ4v) is 4.27. The first-order valence-electron chi connectivity index (χ1n) is 11.5. The lowest BCUT2D eigenvalue weighted by Gasteiger charge is -2.32. The molecule has 3 rings (SSSR count). The fourth-order valence-electron chi connectivity index (χ4n) is 4.27. The van der Waals surface area contributed by atoms with Crippen LogP contribution < -0.4 is 21.7 Å². The molecule has 1 aromatic carbocycles. The predicted molar refractivity (Wildman–Crippen MR) is 126 cm³/mol. The fraction of sp³-hybridized carbons (Fsp3) is 0.583. The van der Waals surface area contributed by atoms with E-state index in [9.17, 15) is 9.90 Å². The normalized spacial score (nSPS) is 20.9. The summed E-state index contributed by atoms with van der Waals surface area (Å²) in [6.07, 6.45) is 5.34. The number of aromatic nitrogens is 1. The number of carbonyl (C=O) groups excluding carboxylic acids is 1. The van der Waals surface area contributed by atoms with Crippen molar-refractivity contribution in [3.63, 3.8) is 0 Å². The van der Waals surface area contributed by atoms with E-state index in [2.05, 4.69) is 22.9 Å². The molecule has 4 unspecified atom stereocenters. The van der Waals surface area contributed by atoms with E-state index in [1.807, 2.05) is 31.2 Å². The zero-order chi connectivity index (χ0) is 22.4. The molecule has 1 fully saturated rings. The summed E-state index contributed by atoms with van der Waals surface area (Å²) in [7, 11) is 0. The second-order valence-corrected chi connectivity index (χ2v) is 8.79. The molecule has 7 nitrogen and oxygen atoms in total. The number of hydrogen-bond acceptors (Lipinski definition) is 6. The van der Waals surface area contributed by atoms with Gasteiger partial charge in [0.2, 0.25) is 0 Å². The number of pyridine rings is 1. The van der Waals surface area contributed by atoms with Crippen LogP contribution in [-0.4, -0.2) is 46.9 Å². The van der Waals surface area contributed by atoms with Crippen LogP contribution >= 0.6 is 0 Å². The summed E-state index contributed by atoms with van der Waals surface area (Å²) < 4.78 is 0. The van der Waals surface area contributed by atoms with Crippen LogP contribution in [-0.2, 0) is 0 Å². The van der Waals surface area contributed by atoms with Gasteiger partial charge in [0.25, 0.3) is 5.91 Å². The van der Waals surface area contributed by atoms with Crippen LogP contribution in [0, 0.1) is 6.92 Å². The van der Waals surface area contributed by atoms with Crippen LogP contribution in [0.2, 0.25) is 0 Å². The predicted octanol–water partition coefficient (Wildman–Crippen LogP) is 3.05. The summed E-state index contributed by atoms with van der Waals surface area (Å²) in [6.45, 7) is 6.59. The molecule has 0 radical (unpaired) electrons. The number of hydrogen-bond donors (Lipinski definition) is 5. The maximum atomic E-state index is 12.7. The number of nitrogens with zero attached hydrogens (tertiary/aromatic N) is 1. The van der Waals surface area contributed by atoms with Gasteiger partial charge in [0.05, 0.1) is 23.3 Å². The van der Waals surface area contributed by atoms with Crippen molar-refractivity contribution in [2.24, 2.45) is 5.73 Å². The third-order valence-electron chi connectivity index (χ3n) is 6.03. The second-order valence-electron chi connectivity index (χ2n) is 8.79. The first-order valence-corrected chi connectivity index (χ1v) is 11.5. The van der Waals surface area contributed by atoms with E-state index in [1.165, 1.54) is 6.42 Å². The number of benzene rings is 1. The number of aliphatic hydroxyl groups excluding tert-OH is 1. The van der Waals surface area contributed by atoms with Gasteiger partial charge in [0, 0.05) is 24.0 Å². The largest absolute Gasteiger partial charge is 0.392 e. The minimum atomic E-state index is -0.441. The van der Waals surface area contributed by atoms with E-state index in [1.54, 1.807) is 6.92 Å².